The molecule has 0 spiro atoms. The van der Waals surface area contributed by atoms with Gasteiger partial charge in [0, 0.05) is 46.7 Å². The molecule has 0 unspecified atom stereocenters. The van der Waals surface area contributed by atoms with Gasteiger partial charge in [-0.15, -0.1) is 34.4 Å². The van der Waals surface area contributed by atoms with Gasteiger partial charge in [0.25, 0.3) is 11.6 Å². The second-order valence-corrected chi connectivity index (χ2v) is 14.0. The molecule has 2 amide bonds. The Hall–Kier alpha value is -3.79. The number of nitro benzene ring substituents is 1. The summed E-state index contributed by atoms with van der Waals surface area (Å²) in [7, 11) is 0. The second-order valence-electron chi connectivity index (χ2n) is 10.9. The van der Waals surface area contributed by atoms with E-state index >= 15 is 0 Å². The highest BCUT2D eigenvalue weighted by Crippen LogP contribution is 2.52. The van der Waals surface area contributed by atoms with Crippen LogP contribution in [0.4, 0.5) is 10.8 Å². The van der Waals surface area contributed by atoms with Crippen molar-refractivity contribution in [1.82, 2.24) is 15.2 Å². The van der Waals surface area contributed by atoms with E-state index in [-0.39, 0.29) is 47.0 Å². The number of anilines is 1. The molecule has 2 N–H and O–H groups in total. The zero-order chi connectivity index (χ0) is 31.1. The normalized spacial score (nSPS) is 21.9. The van der Waals surface area contributed by atoms with Crippen LogP contribution in [-0.4, -0.2) is 68.2 Å². The molecule has 4 atom stereocenters. The molecule has 0 aliphatic carbocycles. The average Bonchev–Trinajstić information content (AvgIpc) is 3.72. The maximum Gasteiger partial charge on any atom is 0.356 e. The third-order valence-electron chi connectivity index (χ3n) is 7.95. The predicted molar refractivity (Wildman–Crippen MR) is 166 cm³/mol. The molecule has 44 heavy (non-hydrogen) atoms. The molecule has 3 aliphatic heterocycles. The SMILES string of the molecule is C[C@@H](O)[C@H]1C(=O)N2C(C(=O)OCc3ccc([N+](=O)[O-])cc3)=C(SC3CN(c4nc(CNC(=O)c5cccs5)cs4)C3)[C@H](C)[C@H]12. The van der Waals surface area contributed by atoms with E-state index in [2.05, 4.69) is 15.2 Å². The molecule has 12 nitrogen and oxygen atoms in total. The number of non-ortho nitro benzene ring substituents is 1. The monoisotopic (exact) mass is 655 g/mol. The Labute approximate surface area is 264 Å². The number of aliphatic hydroxyl groups excluding tert-OH is 1. The minimum atomic E-state index is -0.846. The lowest BCUT2D eigenvalue weighted by Gasteiger charge is -2.46. The van der Waals surface area contributed by atoms with E-state index in [0.29, 0.717) is 30.1 Å². The van der Waals surface area contributed by atoms with Crippen LogP contribution in [0, 0.1) is 22.0 Å². The number of carbonyl (C=O) groups is 3. The van der Waals surface area contributed by atoms with Crippen molar-refractivity contribution in [2.75, 3.05) is 18.0 Å². The van der Waals surface area contributed by atoms with Crippen LogP contribution in [0.1, 0.15) is 34.8 Å². The van der Waals surface area contributed by atoms with Crippen LogP contribution in [0.25, 0.3) is 0 Å². The molecule has 5 heterocycles. The standard InChI is InChI=1S/C29H29N5O7S3/c1-15-23-22(16(2)35)27(37)33(23)24(28(38)41-13-17-5-7-19(8-6-17)34(39)40)25(15)44-20-11-32(12-20)29-31-18(14-43-29)10-30-26(36)21-4-3-9-42-21/h3-9,14-16,20,22-23,35H,10-13H2,1-2H3,(H,30,36)/t15-,16-,22-,23-/m1/s1. The molecule has 2 fully saturated rings. The first-order valence-corrected chi connectivity index (χ1v) is 16.6. The summed E-state index contributed by atoms with van der Waals surface area (Å²) in [5.41, 5.74) is 1.52. The van der Waals surface area contributed by atoms with Crippen LogP contribution in [0.3, 0.4) is 0 Å². The Bertz CT molecular complexity index is 1620. The Balaban J connectivity index is 1.10. The van der Waals surface area contributed by atoms with Crippen LogP contribution in [0.15, 0.2) is 57.8 Å². The number of thiazole rings is 1. The predicted octanol–water partition coefficient (Wildman–Crippen LogP) is 3.78. The van der Waals surface area contributed by atoms with Gasteiger partial charge in [0.2, 0.25) is 5.91 Å². The van der Waals surface area contributed by atoms with E-state index in [1.165, 1.54) is 51.8 Å². The highest BCUT2D eigenvalue weighted by molar-refractivity contribution is 8.03. The van der Waals surface area contributed by atoms with E-state index in [0.717, 1.165) is 15.7 Å². The van der Waals surface area contributed by atoms with Crippen molar-refractivity contribution in [3.8, 4) is 0 Å². The molecule has 230 valence electrons. The zero-order valence-corrected chi connectivity index (χ0v) is 26.2. The Morgan fingerprint density at radius 2 is 2.00 bits per heavy atom. The number of hydrogen-bond acceptors (Lipinski definition) is 12. The maximum atomic E-state index is 13.4. The second kappa shape index (κ2) is 12.3. The molecular weight excluding hydrogens is 627 g/mol. The summed E-state index contributed by atoms with van der Waals surface area (Å²) in [5.74, 6) is -1.81. The van der Waals surface area contributed by atoms with Crippen LogP contribution in [0.2, 0.25) is 0 Å². The van der Waals surface area contributed by atoms with Crippen molar-refractivity contribution < 1.29 is 29.2 Å². The van der Waals surface area contributed by atoms with Crippen LogP contribution < -0.4 is 10.2 Å². The molecule has 15 heteroatoms. The molecule has 3 aliphatic rings. The van der Waals surface area contributed by atoms with Crippen LogP contribution in [0.5, 0.6) is 0 Å². The van der Waals surface area contributed by atoms with Crippen molar-refractivity contribution in [2.45, 2.75) is 44.4 Å². The summed E-state index contributed by atoms with van der Waals surface area (Å²) in [6, 6.07) is 9.03. The highest BCUT2D eigenvalue weighted by Gasteiger charge is 2.60. The van der Waals surface area contributed by atoms with E-state index in [4.69, 9.17) is 4.74 Å². The molecule has 2 saturated heterocycles. The molecule has 0 saturated carbocycles. The topological polar surface area (TPSA) is 155 Å². The van der Waals surface area contributed by atoms with Gasteiger partial charge in [-0.05, 0) is 36.1 Å². The number of aliphatic hydroxyl groups is 1. The van der Waals surface area contributed by atoms with E-state index in [1.807, 2.05) is 23.8 Å². The van der Waals surface area contributed by atoms with Gasteiger partial charge in [0.05, 0.1) is 40.1 Å². The lowest BCUT2D eigenvalue weighted by Crippen LogP contribution is -2.63. The quantitative estimate of drug-likeness (QED) is 0.135. The number of hydrogen-bond donors (Lipinski definition) is 2. The van der Waals surface area contributed by atoms with Crippen molar-refractivity contribution in [2.24, 2.45) is 11.8 Å². The number of ether oxygens (including phenoxy) is 1. The van der Waals surface area contributed by atoms with Crippen molar-refractivity contribution in [3.63, 3.8) is 0 Å². The Morgan fingerprint density at radius 3 is 2.66 bits per heavy atom. The number of nitrogens with zero attached hydrogens (tertiary/aromatic N) is 4. The first-order chi connectivity index (χ1) is 21.1. The third-order valence-corrected chi connectivity index (χ3v) is 11.2. The maximum absolute atomic E-state index is 13.4. The zero-order valence-electron chi connectivity index (χ0n) is 23.7. The number of rotatable bonds is 11. The summed E-state index contributed by atoms with van der Waals surface area (Å²) in [4.78, 5) is 58.8. The van der Waals surface area contributed by atoms with Gasteiger partial charge in [0.15, 0.2) is 5.13 Å². The Morgan fingerprint density at radius 1 is 1.25 bits per heavy atom. The summed E-state index contributed by atoms with van der Waals surface area (Å²) in [5, 5.41) is 28.9. The number of nitrogens with one attached hydrogen (secondary N) is 1. The molecule has 6 rings (SSSR count). The summed E-state index contributed by atoms with van der Waals surface area (Å²) >= 11 is 4.45. The van der Waals surface area contributed by atoms with Crippen LogP contribution in [-0.2, 0) is 27.5 Å². The first kappa shape index (κ1) is 30.2. The lowest BCUT2D eigenvalue weighted by molar-refractivity contribution is -0.384. The number of fused-ring (bicyclic) bond motifs is 1. The van der Waals surface area contributed by atoms with Gasteiger partial charge in [0.1, 0.15) is 12.3 Å². The van der Waals surface area contributed by atoms with Gasteiger partial charge in [-0.3, -0.25) is 19.7 Å². The fraction of sp³-hybridized carbons (Fsp3) is 0.379. The van der Waals surface area contributed by atoms with E-state index in [1.54, 1.807) is 24.8 Å². The number of β-lactam (4-membered cyclic amide) rings is 1. The summed E-state index contributed by atoms with van der Waals surface area (Å²) < 4.78 is 5.59. The summed E-state index contributed by atoms with van der Waals surface area (Å²) in [6.45, 7) is 5.18. The van der Waals surface area contributed by atoms with Gasteiger partial charge in [-0.2, -0.15) is 0 Å². The largest absolute Gasteiger partial charge is 0.456 e. The fourth-order valence-electron chi connectivity index (χ4n) is 5.64. The molecule has 2 aromatic heterocycles. The van der Waals surface area contributed by atoms with Gasteiger partial charge >= 0.3 is 5.97 Å². The highest BCUT2D eigenvalue weighted by atomic mass is 32.2. The Kier molecular flexibility index (Phi) is 8.46. The number of thiophene rings is 1. The fourth-order valence-corrected chi connectivity index (χ4v) is 8.64. The van der Waals surface area contributed by atoms with Gasteiger partial charge < -0.3 is 25.0 Å². The van der Waals surface area contributed by atoms with E-state index in [9.17, 15) is 29.6 Å². The molecule has 1 aromatic carbocycles. The summed E-state index contributed by atoms with van der Waals surface area (Å²) in [6.07, 6.45) is -0.846. The molecule has 3 aromatic rings. The molecule has 0 bridgehead atoms. The number of esters is 1. The van der Waals surface area contributed by atoms with Crippen molar-refractivity contribution in [1.29, 1.82) is 0 Å². The molecular formula is C29H29N5O7S3. The van der Waals surface area contributed by atoms with Crippen molar-refractivity contribution >= 4 is 63.0 Å². The van der Waals surface area contributed by atoms with Gasteiger partial charge in [-0.1, -0.05) is 13.0 Å². The number of amides is 2. The minimum absolute atomic E-state index is 0.0614. The number of thioether (sulfide) groups is 1. The third kappa shape index (κ3) is 5.72. The smallest absolute Gasteiger partial charge is 0.356 e. The molecule has 0 radical (unpaired) electrons. The average molecular weight is 656 g/mol. The van der Waals surface area contributed by atoms with Gasteiger partial charge in [-0.25, -0.2) is 9.78 Å². The number of nitro groups is 1. The first-order valence-electron chi connectivity index (χ1n) is 14.0. The number of aromatic nitrogens is 1. The van der Waals surface area contributed by atoms with Crippen LogP contribution >= 0.6 is 34.4 Å². The van der Waals surface area contributed by atoms with Crippen molar-refractivity contribution in [3.05, 3.63) is 84.0 Å². The van der Waals surface area contributed by atoms with E-state index < -0.39 is 22.9 Å². The number of benzene rings is 1. The minimum Gasteiger partial charge on any atom is -0.456 e. The lowest BCUT2D eigenvalue weighted by atomic mass is 9.79. The number of carbonyl (C=O) groups excluding carboxylic acids is 3.